The summed E-state index contributed by atoms with van der Waals surface area (Å²) in [5, 5.41) is 4.21. The van der Waals surface area contributed by atoms with Gasteiger partial charge in [0.05, 0.1) is 15.9 Å². The van der Waals surface area contributed by atoms with E-state index in [-0.39, 0.29) is 17.7 Å². The third-order valence-electron chi connectivity index (χ3n) is 6.60. The maximum absolute atomic E-state index is 13.2. The minimum atomic E-state index is -0.277. The SMILES string of the molecule is O=C1S/C(=C\c2ccc(OCc3cccc4ccccc34)c(Br)c2)C(=O)N1Cc1cccc2ccccc12. The fourth-order valence-corrected chi connectivity index (χ4v) is 6.04. The lowest BCUT2D eigenvalue weighted by Gasteiger charge is -2.14. The Kier molecular flexibility index (Phi) is 6.75. The van der Waals surface area contributed by atoms with Crippen molar-refractivity contribution < 1.29 is 14.3 Å². The molecule has 1 heterocycles. The minimum absolute atomic E-state index is 0.244. The van der Waals surface area contributed by atoms with Crippen LogP contribution in [0.4, 0.5) is 4.79 Å². The summed E-state index contributed by atoms with van der Waals surface area (Å²) in [5.41, 5.74) is 2.87. The molecule has 0 unspecified atom stereocenters. The van der Waals surface area contributed by atoms with Crippen LogP contribution in [0.3, 0.4) is 0 Å². The number of hydrogen-bond acceptors (Lipinski definition) is 4. The summed E-state index contributed by atoms with van der Waals surface area (Å²) in [7, 11) is 0. The van der Waals surface area contributed by atoms with E-state index in [9.17, 15) is 9.59 Å². The molecular weight excluding hydrogens is 558 g/mol. The van der Waals surface area contributed by atoms with Crippen molar-refractivity contribution in [3.63, 3.8) is 0 Å². The van der Waals surface area contributed by atoms with Gasteiger partial charge in [-0.15, -0.1) is 0 Å². The van der Waals surface area contributed by atoms with E-state index in [1.807, 2.05) is 78.9 Å². The average Bonchev–Trinajstić information content (AvgIpc) is 3.20. The predicted octanol–water partition coefficient (Wildman–Crippen LogP) is 8.57. The summed E-state index contributed by atoms with van der Waals surface area (Å²) < 4.78 is 6.89. The van der Waals surface area contributed by atoms with Gasteiger partial charge in [-0.3, -0.25) is 14.5 Å². The topological polar surface area (TPSA) is 46.6 Å². The van der Waals surface area contributed by atoms with Crippen LogP contribution in [0, 0.1) is 0 Å². The number of carbonyl (C=O) groups is 2. The van der Waals surface area contributed by atoms with Crippen LogP contribution in [0.25, 0.3) is 27.6 Å². The number of hydrogen-bond donors (Lipinski definition) is 0. The molecule has 2 amide bonds. The Balaban J connectivity index is 1.18. The molecule has 4 nitrogen and oxygen atoms in total. The number of benzene rings is 5. The van der Waals surface area contributed by atoms with Crippen LogP contribution < -0.4 is 4.74 Å². The summed E-state index contributed by atoms with van der Waals surface area (Å²) in [4.78, 5) is 27.6. The Morgan fingerprint density at radius 3 is 2.11 bits per heavy atom. The van der Waals surface area contributed by atoms with Gasteiger partial charge in [0.1, 0.15) is 12.4 Å². The number of imide groups is 1. The molecular formula is C32H22BrNO3S. The molecule has 38 heavy (non-hydrogen) atoms. The molecule has 0 radical (unpaired) electrons. The van der Waals surface area contributed by atoms with Gasteiger partial charge in [-0.05, 0) is 84.1 Å². The van der Waals surface area contributed by atoms with Crippen molar-refractivity contribution in [3.8, 4) is 5.75 Å². The molecule has 1 saturated heterocycles. The lowest BCUT2D eigenvalue weighted by atomic mass is 10.0. The summed E-state index contributed by atoms with van der Waals surface area (Å²) in [6, 6.07) is 34.0. The highest BCUT2D eigenvalue weighted by molar-refractivity contribution is 9.10. The average molecular weight is 581 g/mol. The van der Waals surface area contributed by atoms with Gasteiger partial charge in [-0.1, -0.05) is 91.0 Å². The fraction of sp³-hybridized carbons (Fsp3) is 0.0625. The number of carbonyl (C=O) groups excluding carboxylic acids is 2. The van der Waals surface area contributed by atoms with Crippen molar-refractivity contribution in [2.24, 2.45) is 0 Å². The number of ether oxygens (including phenoxy) is 1. The largest absolute Gasteiger partial charge is 0.488 e. The van der Waals surface area contributed by atoms with E-state index < -0.39 is 0 Å². The molecule has 0 bridgehead atoms. The number of thioether (sulfide) groups is 1. The molecule has 5 aromatic rings. The highest BCUT2D eigenvalue weighted by Gasteiger charge is 2.35. The van der Waals surface area contributed by atoms with E-state index in [1.54, 1.807) is 6.08 Å². The Labute approximate surface area is 233 Å². The number of halogens is 1. The van der Waals surface area contributed by atoms with Crippen molar-refractivity contribution in [1.29, 1.82) is 0 Å². The van der Waals surface area contributed by atoms with E-state index in [0.717, 1.165) is 43.7 Å². The highest BCUT2D eigenvalue weighted by Crippen LogP contribution is 2.35. The summed E-state index contributed by atoms with van der Waals surface area (Å²) in [6.45, 7) is 0.681. The number of fused-ring (bicyclic) bond motifs is 2. The Morgan fingerprint density at radius 2 is 1.39 bits per heavy atom. The molecule has 6 rings (SSSR count). The molecule has 0 aliphatic carbocycles. The number of nitrogens with zero attached hydrogens (tertiary/aromatic N) is 1. The molecule has 6 heteroatoms. The van der Waals surface area contributed by atoms with Gasteiger partial charge in [-0.25, -0.2) is 0 Å². The first-order valence-corrected chi connectivity index (χ1v) is 13.8. The van der Waals surface area contributed by atoms with Gasteiger partial charge in [-0.2, -0.15) is 0 Å². The summed E-state index contributed by atoms with van der Waals surface area (Å²) in [5.74, 6) is 0.430. The van der Waals surface area contributed by atoms with Crippen molar-refractivity contribution in [3.05, 3.63) is 129 Å². The molecule has 0 atom stereocenters. The second-order valence-corrected chi connectivity index (χ2v) is 10.9. The smallest absolute Gasteiger partial charge is 0.293 e. The van der Waals surface area contributed by atoms with Crippen molar-refractivity contribution >= 4 is 66.5 Å². The second-order valence-electron chi connectivity index (χ2n) is 9.02. The number of rotatable bonds is 6. The normalized spacial score (nSPS) is 14.7. The van der Waals surface area contributed by atoms with E-state index in [0.29, 0.717) is 17.3 Å². The van der Waals surface area contributed by atoms with Gasteiger partial charge in [0.25, 0.3) is 11.1 Å². The van der Waals surface area contributed by atoms with E-state index in [1.165, 1.54) is 15.7 Å². The molecule has 0 N–H and O–H groups in total. The molecule has 5 aromatic carbocycles. The zero-order chi connectivity index (χ0) is 26.1. The predicted molar refractivity (Wildman–Crippen MR) is 158 cm³/mol. The fourth-order valence-electron chi connectivity index (χ4n) is 4.69. The zero-order valence-corrected chi connectivity index (χ0v) is 22.7. The summed E-state index contributed by atoms with van der Waals surface area (Å²) in [6.07, 6.45) is 1.76. The lowest BCUT2D eigenvalue weighted by molar-refractivity contribution is -0.123. The highest BCUT2D eigenvalue weighted by atomic mass is 79.9. The summed E-state index contributed by atoms with van der Waals surface area (Å²) >= 11 is 4.57. The molecule has 1 aliphatic heterocycles. The third kappa shape index (κ3) is 4.85. The van der Waals surface area contributed by atoms with Crippen LogP contribution in [0.1, 0.15) is 16.7 Å². The van der Waals surface area contributed by atoms with Crippen LogP contribution >= 0.6 is 27.7 Å². The Morgan fingerprint density at radius 1 is 0.763 bits per heavy atom. The first kappa shape index (κ1) is 24.5. The first-order valence-electron chi connectivity index (χ1n) is 12.2. The van der Waals surface area contributed by atoms with Crippen LogP contribution in [0.15, 0.2) is 113 Å². The van der Waals surface area contributed by atoms with E-state index in [4.69, 9.17) is 4.74 Å². The lowest BCUT2D eigenvalue weighted by Crippen LogP contribution is -2.27. The quantitative estimate of drug-likeness (QED) is 0.189. The van der Waals surface area contributed by atoms with Gasteiger partial charge in [0, 0.05) is 0 Å². The molecule has 0 saturated carbocycles. The molecule has 0 spiro atoms. The minimum Gasteiger partial charge on any atom is -0.488 e. The van der Waals surface area contributed by atoms with Crippen molar-refractivity contribution in [2.45, 2.75) is 13.2 Å². The van der Waals surface area contributed by atoms with Gasteiger partial charge in [0.15, 0.2) is 0 Å². The third-order valence-corrected chi connectivity index (χ3v) is 8.13. The molecule has 1 fully saturated rings. The van der Waals surface area contributed by atoms with E-state index >= 15 is 0 Å². The maximum Gasteiger partial charge on any atom is 0.293 e. The van der Waals surface area contributed by atoms with Gasteiger partial charge < -0.3 is 4.74 Å². The van der Waals surface area contributed by atoms with Crippen molar-refractivity contribution in [1.82, 2.24) is 4.90 Å². The van der Waals surface area contributed by atoms with Gasteiger partial charge in [0.2, 0.25) is 0 Å². The van der Waals surface area contributed by atoms with Crippen LogP contribution in [0.5, 0.6) is 5.75 Å². The molecule has 1 aliphatic rings. The van der Waals surface area contributed by atoms with Crippen molar-refractivity contribution in [2.75, 3.05) is 0 Å². The Hall–Kier alpha value is -3.87. The molecule has 0 aromatic heterocycles. The number of amides is 2. The van der Waals surface area contributed by atoms with Crippen LogP contribution in [0.2, 0.25) is 0 Å². The van der Waals surface area contributed by atoms with Crippen LogP contribution in [-0.4, -0.2) is 16.0 Å². The Bertz CT molecular complexity index is 1740. The maximum atomic E-state index is 13.2. The van der Waals surface area contributed by atoms with E-state index in [2.05, 4.69) is 40.2 Å². The van der Waals surface area contributed by atoms with Gasteiger partial charge >= 0.3 is 0 Å². The monoisotopic (exact) mass is 579 g/mol. The van der Waals surface area contributed by atoms with Crippen LogP contribution in [-0.2, 0) is 17.9 Å². The first-order chi connectivity index (χ1) is 18.6. The second kappa shape index (κ2) is 10.5. The molecule has 186 valence electrons. The standard InChI is InChI=1S/C32H22BrNO3S/c33-28-17-21(15-16-29(28)37-20-25-12-6-10-23-8-2-4-14-27(23)25)18-30-31(35)34(32(36)38-30)19-24-11-5-9-22-7-1-3-13-26(22)24/h1-18H,19-20H2/b30-18-. The zero-order valence-electron chi connectivity index (χ0n) is 20.3.